The van der Waals surface area contributed by atoms with Gasteiger partial charge in [-0.3, -0.25) is 0 Å². The van der Waals surface area contributed by atoms with Gasteiger partial charge in [-0.1, -0.05) is 20.8 Å². The van der Waals surface area contributed by atoms with E-state index in [2.05, 4.69) is 20.8 Å². The number of rotatable bonds is 0. The van der Waals surface area contributed by atoms with E-state index in [0.29, 0.717) is 10.8 Å². The molecule has 0 amide bonds. The van der Waals surface area contributed by atoms with Gasteiger partial charge in [0.2, 0.25) is 0 Å². The fraction of sp³-hybridized carbons (Fsp3) is 1.00. The molecule has 0 bridgehead atoms. The molecule has 1 unspecified atom stereocenters. The lowest BCUT2D eigenvalue weighted by Crippen LogP contribution is -2.23. The molecule has 0 aromatic carbocycles. The third-order valence-corrected chi connectivity index (χ3v) is 3.72. The molecule has 1 heterocycles. The first kappa shape index (κ1) is 8.55. The summed E-state index contributed by atoms with van der Waals surface area (Å²) in [5.41, 5.74) is 1.23. The van der Waals surface area contributed by atoms with E-state index in [0.717, 1.165) is 19.1 Å². The standard InChI is InChI=1S/C11H20O/c1-10(2,3)9-8-11(9)4-6-12-7-5-11/h9H,4-8H2,1-3H3. The number of hydrogen-bond acceptors (Lipinski definition) is 1. The second-order valence-electron chi connectivity index (χ2n) is 5.60. The van der Waals surface area contributed by atoms with Crippen LogP contribution in [0.15, 0.2) is 0 Å². The van der Waals surface area contributed by atoms with Crippen LogP contribution in [0.1, 0.15) is 40.0 Å². The smallest absolute Gasteiger partial charge is 0.0471 e. The fourth-order valence-corrected chi connectivity index (χ4v) is 2.90. The van der Waals surface area contributed by atoms with Crippen molar-refractivity contribution in [2.24, 2.45) is 16.7 Å². The van der Waals surface area contributed by atoms with Gasteiger partial charge in [0.05, 0.1) is 0 Å². The van der Waals surface area contributed by atoms with Gasteiger partial charge < -0.3 is 4.74 Å². The first-order valence-electron chi connectivity index (χ1n) is 5.12. The topological polar surface area (TPSA) is 9.23 Å². The Morgan fingerprint density at radius 2 is 1.75 bits per heavy atom. The summed E-state index contributed by atoms with van der Waals surface area (Å²) in [6.07, 6.45) is 4.09. The van der Waals surface area contributed by atoms with Crippen LogP contribution in [-0.4, -0.2) is 13.2 Å². The summed E-state index contributed by atoms with van der Waals surface area (Å²) < 4.78 is 5.41. The Balaban J connectivity index is 1.99. The lowest BCUT2D eigenvalue weighted by Gasteiger charge is -2.28. The second kappa shape index (κ2) is 2.47. The van der Waals surface area contributed by atoms with Crippen LogP contribution in [0.3, 0.4) is 0 Å². The third kappa shape index (κ3) is 1.28. The Morgan fingerprint density at radius 1 is 1.17 bits per heavy atom. The van der Waals surface area contributed by atoms with Gasteiger partial charge in [-0.2, -0.15) is 0 Å². The summed E-state index contributed by atoms with van der Waals surface area (Å²) in [6.45, 7) is 9.14. The van der Waals surface area contributed by atoms with Gasteiger partial charge in [0, 0.05) is 13.2 Å². The van der Waals surface area contributed by atoms with Gasteiger partial charge in [-0.25, -0.2) is 0 Å². The normalized spacial score (nSPS) is 33.8. The molecule has 0 aromatic rings. The lowest BCUT2D eigenvalue weighted by atomic mass is 9.81. The molecule has 2 rings (SSSR count). The van der Waals surface area contributed by atoms with E-state index in [4.69, 9.17) is 4.74 Å². The van der Waals surface area contributed by atoms with Crippen molar-refractivity contribution in [2.45, 2.75) is 40.0 Å². The van der Waals surface area contributed by atoms with Crippen LogP contribution in [0.4, 0.5) is 0 Å². The Kier molecular flexibility index (Phi) is 1.76. The van der Waals surface area contributed by atoms with Crippen molar-refractivity contribution in [1.82, 2.24) is 0 Å². The molecule has 1 aliphatic heterocycles. The van der Waals surface area contributed by atoms with Crippen LogP contribution in [0.25, 0.3) is 0 Å². The van der Waals surface area contributed by atoms with Crippen molar-refractivity contribution < 1.29 is 4.74 Å². The van der Waals surface area contributed by atoms with Crippen molar-refractivity contribution in [1.29, 1.82) is 0 Å². The molecular formula is C11H20O. The van der Waals surface area contributed by atoms with E-state index >= 15 is 0 Å². The van der Waals surface area contributed by atoms with Crippen LogP contribution in [-0.2, 0) is 4.74 Å². The van der Waals surface area contributed by atoms with E-state index in [1.807, 2.05) is 0 Å². The van der Waals surface area contributed by atoms with E-state index in [1.54, 1.807) is 0 Å². The zero-order chi connectivity index (χ0) is 8.82. The van der Waals surface area contributed by atoms with E-state index < -0.39 is 0 Å². The molecule has 1 nitrogen and oxygen atoms in total. The van der Waals surface area contributed by atoms with Crippen LogP contribution < -0.4 is 0 Å². The van der Waals surface area contributed by atoms with Crippen molar-refractivity contribution in [2.75, 3.05) is 13.2 Å². The van der Waals surface area contributed by atoms with Gasteiger partial charge in [0.25, 0.3) is 0 Å². The summed E-state index contributed by atoms with van der Waals surface area (Å²) in [6, 6.07) is 0. The van der Waals surface area contributed by atoms with Crippen LogP contribution in [0, 0.1) is 16.7 Å². The third-order valence-electron chi connectivity index (χ3n) is 3.72. The van der Waals surface area contributed by atoms with E-state index in [9.17, 15) is 0 Å². The molecule has 1 saturated carbocycles. The Morgan fingerprint density at radius 3 is 2.17 bits per heavy atom. The molecule has 1 aliphatic carbocycles. The van der Waals surface area contributed by atoms with Crippen molar-refractivity contribution in [3.8, 4) is 0 Å². The molecule has 1 saturated heterocycles. The molecule has 1 spiro atoms. The molecule has 12 heavy (non-hydrogen) atoms. The Hall–Kier alpha value is -0.0400. The summed E-state index contributed by atoms with van der Waals surface area (Å²) >= 11 is 0. The zero-order valence-corrected chi connectivity index (χ0v) is 8.52. The van der Waals surface area contributed by atoms with Crippen molar-refractivity contribution in [3.63, 3.8) is 0 Å². The Labute approximate surface area is 75.5 Å². The maximum absolute atomic E-state index is 5.41. The van der Waals surface area contributed by atoms with Gasteiger partial charge >= 0.3 is 0 Å². The summed E-state index contributed by atoms with van der Waals surface area (Å²) in [7, 11) is 0. The van der Waals surface area contributed by atoms with Gasteiger partial charge in [0.1, 0.15) is 0 Å². The average molecular weight is 168 g/mol. The van der Waals surface area contributed by atoms with Crippen LogP contribution in [0.5, 0.6) is 0 Å². The number of hydrogen-bond donors (Lipinski definition) is 0. The van der Waals surface area contributed by atoms with E-state index in [1.165, 1.54) is 19.3 Å². The highest BCUT2D eigenvalue weighted by Crippen LogP contribution is 2.65. The second-order valence-corrected chi connectivity index (χ2v) is 5.60. The van der Waals surface area contributed by atoms with E-state index in [-0.39, 0.29) is 0 Å². The molecule has 2 fully saturated rings. The molecule has 70 valence electrons. The predicted molar refractivity (Wildman–Crippen MR) is 50.0 cm³/mol. The molecule has 1 heteroatoms. The maximum atomic E-state index is 5.41. The SMILES string of the molecule is CC(C)(C)C1CC12CCOCC2. The number of ether oxygens (including phenoxy) is 1. The summed E-state index contributed by atoms with van der Waals surface area (Å²) in [5, 5.41) is 0. The highest BCUT2D eigenvalue weighted by atomic mass is 16.5. The molecule has 0 N–H and O–H groups in total. The first-order chi connectivity index (χ1) is 5.55. The fourth-order valence-electron chi connectivity index (χ4n) is 2.90. The van der Waals surface area contributed by atoms with Crippen LogP contribution in [0.2, 0.25) is 0 Å². The zero-order valence-electron chi connectivity index (χ0n) is 8.52. The maximum Gasteiger partial charge on any atom is 0.0471 e. The molecule has 0 aromatic heterocycles. The molecular weight excluding hydrogens is 148 g/mol. The molecule has 0 radical (unpaired) electrons. The van der Waals surface area contributed by atoms with Crippen LogP contribution >= 0.6 is 0 Å². The van der Waals surface area contributed by atoms with Gasteiger partial charge in [-0.05, 0) is 36.0 Å². The predicted octanol–water partition coefficient (Wildman–Crippen LogP) is 2.85. The largest absolute Gasteiger partial charge is 0.381 e. The minimum atomic E-state index is 0.525. The van der Waals surface area contributed by atoms with Crippen molar-refractivity contribution in [3.05, 3.63) is 0 Å². The minimum absolute atomic E-state index is 0.525. The molecule has 2 aliphatic rings. The lowest BCUT2D eigenvalue weighted by molar-refractivity contribution is 0.0439. The average Bonchev–Trinajstić information content (AvgIpc) is 2.65. The summed E-state index contributed by atoms with van der Waals surface area (Å²) in [5.74, 6) is 0.967. The quantitative estimate of drug-likeness (QED) is 0.540. The van der Waals surface area contributed by atoms with Crippen molar-refractivity contribution >= 4 is 0 Å². The molecule has 1 atom stereocenters. The minimum Gasteiger partial charge on any atom is -0.381 e. The van der Waals surface area contributed by atoms with Gasteiger partial charge in [-0.15, -0.1) is 0 Å². The first-order valence-corrected chi connectivity index (χ1v) is 5.12. The monoisotopic (exact) mass is 168 g/mol. The summed E-state index contributed by atoms with van der Waals surface area (Å²) in [4.78, 5) is 0. The van der Waals surface area contributed by atoms with Gasteiger partial charge in [0.15, 0.2) is 0 Å². The highest BCUT2D eigenvalue weighted by Gasteiger charge is 2.58. The Bertz CT molecular complexity index is 172. The highest BCUT2D eigenvalue weighted by molar-refractivity contribution is 5.07.